The maximum absolute atomic E-state index is 12.9. The van der Waals surface area contributed by atoms with E-state index in [1.54, 1.807) is 32.1 Å². The van der Waals surface area contributed by atoms with E-state index in [4.69, 9.17) is 13.9 Å². The topological polar surface area (TPSA) is 68.9 Å². The third-order valence-corrected chi connectivity index (χ3v) is 4.12. The van der Waals surface area contributed by atoms with Crippen molar-refractivity contribution in [1.29, 1.82) is 0 Å². The lowest BCUT2D eigenvalue weighted by Gasteiger charge is -2.15. The second-order valence-electron chi connectivity index (χ2n) is 6.73. The van der Waals surface area contributed by atoms with Gasteiger partial charge in [0.15, 0.2) is 11.0 Å². The molecule has 3 aromatic rings. The average molecular weight is 366 g/mol. The van der Waals surface area contributed by atoms with Gasteiger partial charge in [-0.25, -0.2) is 0 Å². The van der Waals surface area contributed by atoms with Crippen molar-refractivity contribution in [1.82, 2.24) is 0 Å². The SMILES string of the molecule is COc1cc(OC)c2c(=O)cc(-c3ccccc3)oc2c1C=CC(C)(C)O. The molecule has 0 aliphatic carbocycles. The first-order chi connectivity index (χ1) is 12.8. The van der Waals surface area contributed by atoms with Crippen LogP contribution in [0.4, 0.5) is 0 Å². The van der Waals surface area contributed by atoms with Crippen LogP contribution in [0, 0.1) is 0 Å². The summed E-state index contributed by atoms with van der Waals surface area (Å²) in [6.07, 6.45) is 3.31. The largest absolute Gasteiger partial charge is 0.496 e. The molecule has 1 aromatic heterocycles. The van der Waals surface area contributed by atoms with Crippen LogP contribution in [0.3, 0.4) is 0 Å². The molecule has 27 heavy (non-hydrogen) atoms. The van der Waals surface area contributed by atoms with E-state index in [1.165, 1.54) is 20.3 Å². The highest BCUT2D eigenvalue weighted by Gasteiger charge is 2.19. The van der Waals surface area contributed by atoms with Crippen molar-refractivity contribution in [3.05, 3.63) is 64.3 Å². The molecule has 0 saturated carbocycles. The van der Waals surface area contributed by atoms with Gasteiger partial charge in [0.2, 0.25) is 0 Å². The molecule has 0 amide bonds. The van der Waals surface area contributed by atoms with E-state index in [1.807, 2.05) is 30.3 Å². The van der Waals surface area contributed by atoms with Gasteiger partial charge >= 0.3 is 0 Å². The van der Waals surface area contributed by atoms with Crippen molar-refractivity contribution in [2.24, 2.45) is 0 Å². The first-order valence-electron chi connectivity index (χ1n) is 8.54. The fourth-order valence-corrected chi connectivity index (χ4v) is 2.82. The van der Waals surface area contributed by atoms with Crippen molar-refractivity contribution in [2.45, 2.75) is 19.4 Å². The number of benzene rings is 2. The van der Waals surface area contributed by atoms with Crippen LogP contribution in [0.25, 0.3) is 28.4 Å². The number of fused-ring (bicyclic) bond motifs is 1. The summed E-state index contributed by atoms with van der Waals surface area (Å²) in [6, 6.07) is 12.5. The van der Waals surface area contributed by atoms with Crippen molar-refractivity contribution < 1.29 is 19.0 Å². The summed E-state index contributed by atoms with van der Waals surface area (Å²) in [5.74, 6) is 1.30. The first kappa shape index (κ1) is 18.7. The van der Waals surface area contributed by atoms with Crippen LogP contribution in [-0.4, -0.2) is 24.9 Å². The molecule has 0 bridgehead atoms. The zero-order valence-electron chi connectivity index (χ0n) is 15.8. The first-order valence-corrected chi connectivity index (χ1v) is 8.54. The van der Waals surface area contributed by atoms with Crippen LogP contribution in [-0.2, 0) is 0 Å². The predicted molar refractivity (Wildman–Crippen MR) is 106 cm³/mol. The monoisotopic (exact) mass is 366 g/mol. The maximum Gasteiger partial charge on any atom is 0.197 e. The standard InChI is InChI=1S/C22H22O5/c1-22(2,24)11-10-15-18(25-3)13-19(26-4)20-16(23)12-17(27-21(15)20)14-8-6-5-7-9-14/h5-13,24H,1-4H3. The smallest absolute Gasteiger partial charge is 0.197 e. The van der Waals surface area contributed by atoms with E-state index in [-0.39, 0.29) is 5.43 Å². The van der Waals surface area contributed by atoms with Crippen LogP contribution < -0.4 is 14.9 Å². The molecule has 0 atom stereocenters. The lowest BCUT2D eigenvalue weighted by molar-refractivity contribution is 0.134. The zero-order chi connectivity index (χ0) is 19.6. The molecule has 1 heterocycles. The Kier molecular flexibility index (Phi) is 5.06. The molecule has 0 spiro atoms. The number of hydrogen-bond acceptors (Lipinski definition) is 5. The summed E-state index contributed by atoms with van der Waals surface area (Å²) in [5, 5.41) is 10.4. The van der Waals surface area contributed by atoms with Gasteiger partial charge in [0, 0.05) is 17.7 Å². The van der Waals surface area contributed by atoms with Gasteiger partial charge in [-0.05, 0) is 19.9 Å². The van der Waals surface area contributed by atoms with Crippen LogP contribution in [0.2, 0.25) is 0 Å². The Morgan fingerprint density at radius 1 is 1.04 bits per heavy atom. The molecule has 5 heteroatoms. The molecule has 0 radical (unpaired) electrons. The zero-order valence-corrected chi connectivity index (χ0v) is 15.8. The van der Waals surface area contributed by atoms with Crippen LogP contribution in [0.5, 0.6) is 11.5 Å². The molecule has 1 N–H and O–H groups in total. The molecule has 5 nitrogen and oxygen atoms in total. The van der Waals surface area contributed by atoms with Crippen molar-refractivity contribution in [3.8, 4) is 22.8 Å². The minimum atomic E-state index is -1.03. The second kappa shape index (κ2) is 7.29. The number of rotatable bonds is 5. The molecule has 0 fully saturated rings. The lowest BCUT2D eigenvalue weighted by Crippen LogP contribution is -2.13. The summed E-state index contributed by atoms with van der Waals surface area (Å²) in [4.78, 5) is 12.9. The van der Waals surface area contributed by atoms with E-state index in [0.29, 0.717) is 33.8 Å². The van der Waals surface area contributed by atoms with E-state index in [0.717, 1.165) is 5.56 Å². The fourth-order valence-electron chi connectivity index (χ4n) is 2.82. The van der Waals surface area contributed by atoms with E-state index < -0.39 is 5.60 Å². The van der Waals surface area contributed by atoms with Crippen molar-refractivity contribution in [3.63, 3.8) is 0 Å². The molecular formula is C22H22O5. The van der Waals surface area contributed by atoms with Gasteiger partial charge in [0.25, 0.3) is 0 Å². The van der Waals surface area contributed by atoms with Gasteiger partial charge in [-0.3, -0.25) is 4.79 Å². The van der Waals surface area contributed by atoms with E-state index in [2.05, 4.69) is 0 Å². The normalized spacial score (nSPS) is 11.9. The van der Waals surface area contributed by atoms with Crippen LogP contribution in [0.1, 0.15) is 19.4 Å². The van der Waals surface area contributed by atoms with Crippen LogP contribution >= 0.6 is 0 Å². The third kappa shape index (κ3) is 3.88. The number of ether oxygens (including phenoxy) is 2. The molecular weight excluding hydrogens is 344 g/mol. The Bertz CT molecular complexity index is 1040. The summed E-state index contributed by atoms with van der Waals surface area (Å²) in [7, 11) is 3.02. The van der Waals surface area contributed by atoms with Gasteiger partial charge in [0.05, 0.1) is 25.4 Å². The molecule has 0 unspecified atom stereocenters. The van der Waals surface area contributed by atoms with Crippen LogP contribution in [0.15, 0.2) is 57.8 Å². The highest BCUT2D eigenvalue weighted by atomic mass is 16.5. The quantitative estimate of drug-likeness (QED) is 0.731. The molecule has 3 rings (SSSR count). The fraction of sp³-hybridized carbons (Fsp3) is 0.227. The van der Waals surface area contributed by atoms with E-state index in [9.17, 15) is 9.90 Å². The number of methoxy groups -OCH3 is 2. The number of aliphatic hydroxyl groups is 1. The number of hydrogen-bond donors (Lipinski definition) is 1. The summed E-state index contributed by atoms with van der Waals surface area (Å²) in [6.45, 7) is 3.32. The Morgan fingerprint density at radius 2 is 1.70 bits per heavy atom. The Balaban J connectivity index is 2.39. The van der Waals surface area contributed by atoms with Gasteiger partial charge in [-0.2, -0.15) is 0 Å². The van der Waals surface area contributed by atoms with Gasteiger partial charge in [-0.15, -0.1) is 0 Å². The van der Waals surface area contributed by atoms with Gasteiger partial charge in [-0.1, -0.05) is 36.4 Å². The van der Waals surface area contributed by atoms with Gasteiger partial charge < -0.3 is 19.0 Å². The highest BCUT2D eigenvalue weighted by Crippen LogP contribution is 2.37. The Labute approximate surface area is 157 Å². The summed E-state index contributed by atoms with van der Waals surface area (Å²) >= 11 is 0. The Morgan fingerprint density at radius 3 is 2.30 bits per heavy atom. The second-order valence-corrected chi connectivity index (χ2v) is 6.73. The summed E-state index contributed by atoms with van der Waals surface area (Å²) in [5.41, 5.74) is 0.445. The highest BCUT2D eigenvalue weighted by molar-refractivity contribution is 5.94. The minimum Gasteiger partial charge on any atom is -0.496 e. The molecule has 0 aliphatic heterocycles. The molecule has 0 saturated heterocycles. The molecule has 0 aliphatic rings. The predicted octanol–water partition coefficient (Wildman–Crippen LogP) is 4.26. The van der Waals surface area contributed by atoms with Crippen molar-refractivity contribution >= 4 is 17.0 Å². The molecule has 140 valence electrons. The van der Waals surface area contributed by atoms with Crippen molar-refractivity contribution in [2.75, 3.05) is 14.2 Å². The summed E-state index contributed by atoms with van der Waals surface area (Å²) < 4.78 is 17.0. The Hall–Kier alpha value is -3.05. The minimum absolute atomic E-state index is 0.215. The average Bonchev–Trinajstić information content (AvgIpc) is 2.65. The third-order valence-electron chi connectivity index (χ3n) is 4.12. The lowest BCUT2D eigenvalue weighted by atomic mass is 10.0. The maximum atomic E-state index is 12.9. The van der Waals surface area contributed by atoms with Gasteiger partial charge in [0.1, 0.15) is 22.6 Å². The van der Waals surface area contributed by atoms with E-state index >= 15 is 0 Å². The molecule has 2 aromatic carbocycles.